The molecule has 2 bridgehead atoms. The number of nitrogens with one attached hydrogen (secondary N) is 1. The van der Waals surface area contributed by atoms with E-state index in [1.54, 1.807) is 0 Å². The molecular formula is C26H32ClN3O. The average Bonchev–Trinajstić information content (AvgIpc) is 3.10. The molecule has 5 rings (SSSR count). The van der Waals surface area contributed by atoms with Crippen LogP contribution in [0.4, 0.5) is 0 Å². The van der Waals surface area contributed by atoms with Crippen LogP contribution in [0.5, 0.6) is 0 Å². The largest absolute Gasteiger partial charge is 0.349 e. The quantitative estimate of drug-likeness (QED) is 0.608. The van der Waals surface area contributed by atoms with Crippen LogP contribution in [0.3, 0.4) is 0 Å². The second-order valence-electron chi connectivity index (χ2n) is 9.29. The normalized spacial score (nSPS) is 23.0. The van der Waals surface area contributed by atoms with E-state index in [4.69, 9.17) is 0 Å². The van der Waals surface area contributed by atoms with Gasteiger partial charge in [-0.3, -0.25) is 4.79 Å². The summed E-state index contributed by atoms with van der Waals surface area (Å²) in [5, 5.41) is 4.48. The van der Waals surface area contributed by atoms with Crippen molar-refractivity contribution in [1.29, 1.82) is 0 Å². The minimum Gasteiger partial charge on any atom is -0.349 e. The first-order valence-electron chi connectivity index (χ1n) is 11.1. The molecule has 3 heterocycles. The van der Waals surface area contributed by atoms with E-state index < -0.39 is 0 Å². The van der Waals surface area contributed by atoms with E-state index in [1.807, 2.05) is 18.2 Å². The highest BCUT2D eigenvalue weighted by Gasteiger charge is 2.39. The van der Waals surface area contributed by atoms with E-state index in [0.717, 1.165) is 40.6 Å². The summed E-state index contributed by atoms with van der Waals surface area (Å²) in [5.41, 5.74) is 6.49. The van der Waals surface area contributed by atoms with Crippen molar-refractivity contribution < 1.29 is 4.79 Å². The van der Waals surface area contributed by atoms with Crippen molar-refractivity contribution >= 4 is 29.2 Å². The molecule has 4 nitrogen and oxygen atoms in total. The van der Waals surface area contributed by atoms with Crippen molar-refractivity contribution in [3.05, 3.63) is 59.2 Å². The first-order chi connectivity index (χ1) is 14.4. The Morgan fingerprint density at radius 3 is 2.23 bits per heavy atom. The highest BCUT2D eigenvalue weighted by Crippen LogP contribution is 2.37. The molecule has 0 aliphatic carbocycles. The van der Waals surface area contributed by atoms with Gasteiger partial charge in [0.05, 0.1) is 11.3 Å². The summed E-state index contributed by atoms with van der Waals surface area (Å²) in [6.45, 7) is 4.26. The van der Waals surface area contributed by atoms with Crippen LogP contribution < -0.4 is 5.32 Å². The molecule has 1 N–H and O–H groups in total. The van der Waals surface area contributed by atoms with E-state index in [1.165, 1.54) is 24.0 Å². The van der Waals surface area contributed by atoms with Crippen molar-refractivity contribution in [3.8, 4) is 11.3 Å². The highest BCUT2D eigenvalue weighted by atomic mass is 35.5. The predicted molar refractivity (Wildman–Crippen MR) is 130 cm³/mol. The van der Waals surface area contributed by atoms with Gasteiger partial charge < -0.3 is 14.8 Å². The van der Waals surface area contributed by atoms with Crippen LogP contribution in [0.2, 0.25) is 0 Å². The number of halogens is 1. The lowest BCUT2D eigenvalue weighted by atomic mass is 9.96. The number of amides is 1. The van der Waals surface area contributed by atoms with Crippen molar-refractivity contribution in [2.75, 3.05) is 7.05 Å². The van der Waals surface area contributed by atoms with Crippen molar-refractivity contribution in [2.24, 2.45) is 7.05 Å². The lowest BCUT2D eigenvalue weighted by molar-refractivity contribution is 0.0884. The molecule has 31 heavy (non-hydrogen) atoms. The maximum Gasteiger partial charge on any atom is 0.254 e. The van der Waals surface area contributed by atoms with Gasteiger partial charge in [-0.05, 0) is 75.4 Å². The van der Waals surface area contributed by atoms with Crippen molar-refractivity contribution in [2.45, 2.75) is 57.7 Å². The number of aryl methyl sites for hydroxylation is 3. The number of carbonyl (C=O) groups excluding carboxylic acids is 1. The zero-order valence-corrected chi connectivity index (χ0v) is 19.6. The predicted octanol–water partition coefficient (Wildman–Crippen LogP) is 5.24. The van der Waals surface area contributed by atoms with E-state index in [-0.39, 0.29) is 24.4 Å². The van der Waals surface area contributed by atoms with E-state index in [2.05, 4.69) is 67.0 Å². The molecule has 2 atom stereocenters. The SMILES string of the molecule is Cc1cc2c(C(=O)NC3CC4CCC(C3)N4C)c(-c3ccccc3)n(C)c2cc1C.Cl. The second kappa shape index (κ2) is 8.33. The minimum absolute atomic E-state index is 0. The third kappa shape index (κ3) is 3.66. The molecule has 3 aromatic rings. The Morgan fingerprint density at radius 1 is 0.968 bits per heavy atom. The summed E-state index contributed by atoms with van der Waals surface area (Å²) in [4.78, 5) is 16.2. The Labute approximate surface area is 191 Å². The van der Waals surface area contributed by atoms with Gasteiger partial charge in [0.15, 0.2) is 0 Å². The van der Waals surface area contributed by atoms with Gasteiger partial charge in [0.25, 0.3) is 5.91 Å². The number of nitrogens with zero attached hydrogens (tertiary/aromatic N) is 2. The molecule has 164 valence electrons. The highest BCUT2D eigenvalue weighted by molar-refractivity contribution is 6.13. The zero-order chi connectivity index (χ0) is 21.0. The van der Waals surface area contributed by atoms with Gasteiger partial charge >= 0.3 is 0 Å². The fourth-order valence-electron chi connectivity index (χ4n) is 5.65. The topological polar surface area (TPSA) is 37.3 Å². The number of carbonyl (C=O) groups is 1. The molecule has 2 saturated heterocycles. The maximum absolute atomic E-state index is 13.7. The fourth-order valence-corrected chi connectivity index (χ4v) is 5.65. The summed E-state index contributed by atoms with van der Waals surface area (Å²) < 4.78 is 2.18. The molecule has 2 aromatic carbocycles. The molecule has 2 unspecified atom stereocenters. The third-order valence-electron chi connectivity index (χ3n) is 7.52. The van der Waals surface area contributed by atoms with E-state index in [9.17, 15) is 4.79 Å². The molecular weight excluding hydrogens is 406 g/mol. The van der Waals surface area contributed by atoms with Gasteiger partial charge in [-0.1, -0.05) is 30.3 Å². The Bertz CT molecular complexity index is 1110. The summed E-state index contributed by atoms with van der Waals surface area (Å²) in [6, 6.07) is 16.2. The molecule has 0 spiro atoms. The van der Waals surface area contributed by atoms with Crippen LogP contribution in [-0.4, -0.2) is 40.5 Å². The summed E-state index contributed by atoms with van der Waals surface area (Å²) in [6.07, 6.45) is 4.63. The summed E-state index contributed by atoms with van der Waals surface area (Å²) in [7, 11) is 4.32. The standard InChI is InChI=1S/C26H31N3O.ClH/c1-16-12-22-23(13-17(16)2)29(4)25(18-8-6-5-7-9-18)24(22)26(30)27-19-14-20-10-11-21(15-19)28(20)3;/h5-9,12-13,19-21H,10-11,14-15H2,1-4H3,(H,27,30);1H. The van der Waals surface area contributed by atoms with Gasteiger partial charge in [0, 0.05) is 36.1 Å². The summed E-state index contributed by atoms with van der Waals surface area (Å²) >= 11 is 0. The first-order valence-corrected chi connectivity index (χ1v) is 11.1. The minimum atomic E-state index is 0. The second-order valence-corrected chi connectivity index (χ2v) is 9.29. The van der Waals surface area contributed by atoms with Crippen LogP contribution in [-0.2, 0) is 7.05 Å². The van der Waals surface area contributed by atoms with Gasteiger partial charge in [0.2, 0.25) is 0 Å². The molecule has 1 amide bonds. The van der Waals surface area contributed by atoms with E-state index >= 15 is 0 Å². The Morgan fingerprint density at radius 2 is 1.58 bits per heavy atom. The Balaban J connectivity index is 0.00000231. The molecule has 0 saturated carbocycles. The smallest absolute Gasteiger partial charge is 0.254 e. The fraction of sp³-hybridized carbons (Fsp3) is 0.423. The number of fused-ring (bicyclic) bond motifs is 3. The van der Waals surface area contributed by atoms with E-state index in [0.29, 0.717) is 12.1 Å². The van der Waals surface area contributed by atoms with Gasteiger partial charge in [-0.25, -0.2) is 0 Å². The monoisotopic (exact) mass is 437 g/mol. The number of piperidine rings is 1. The first kappa shape index (κ1) is 21.9. The number of aromatic nitrogens is 1. The van der Waals surface area contributed by atoms with Crippen LogP contribution in [0.1, 0.15) is 47.2 Å². The average molecular weight is 438 g/mol. The molecule has 0 radical (unpaired) electrons. The zero-order valence-electron chi connectivity index (χ0n) is 18.8. The lowest BCUT2D eigenvalue weighted by Gasteiger charge is -2.36. The van der Waals surface area contributed by atoms with Crippen LogP contribution >= 0.6 is 12.4 Å². The summed E-state index contributed by atoms with van der Waals surface area (Å²) in [5.74, 6) is 0.0664. The number of rotatable bonds is 3. The lowest BCUT2D eigenvalue weighted by Crippen LogP contribution is -2.48. The molecule has 2 aliphatic rings. The molecule has 5 heteroatoms. The Hall–Kier alpha value is -2.30. The molecule has 2 fully saturated rings. The van der Waals surface area contributed by atoms with Crippen molar-refractivity contribution in [3.63, 3.8) is 0 Å². The molecule has 2 aliphatic heterocycles. The number of benzene rings is 2. The Kier molecular flexibility index (Phi) is 5.89. The third-order valence-corrected chi connectivity index (χ3v) is 7.52. The van der Waals surface area contributed by atoms with Crippen LogP contribution in [0, 0.1) is 13.8 Å². The van der Waals surface area contributed by atoms with Crippen molar-refractivity contribution in [1.82, 2.24) is 14.8 Å². The van der Waals surface area contributed by atoms with Crippen LogP contribution in [0.15, 0.2) is 42.5 Å². The molecule has 1 aromatic heterocycles. The number of hydrogen-bond donors (Lipinski definition) is 1. The maximum atomic E-state index is 13.7. The van der Waals surface area contributed by atoms with Gasteiger partial charge in [0.1, 0.15) is 0 Å². The van der Waals surface area contributed by atoms with Gasteiger partial charge in [-0.2, -0.15) is 0 Å². The number of hydrogen-bond acceptors (Lipinski definition) is 2. The van der Waals surface area contributed by atoms with Crippen LogP contribution in [0.25, 0.3) is 22.2 Å². The van der Waals surface area contributed by atoms with Gasteiger partial charge in [-0.15, -0.1) is 12.4 Å².